The van der Waals surface area contributed by atoms with E-state index >= 15 is 0 Å². The molecular formula is C11H7Cl3N2. The van der Waals surface area contributed by atoms with Crippen LogP contribution >= 0.6 is 34.8 Å². The largest absolute Gasteiger partial charge is 0.399 e. The molecule has 1 aromatic heterocycles. The molecule has 2 N–H and O–H groups in total. The van der Waals surface area contributed by atoms with Crippen LogP contribution in [0, 0.1) is 0 Å². The van der Waals surface area contributed by atoms with Gasteiger partial charge >= 0.3 is 0 Å². The summed E-state index contributed by atoms with van der Waals surface area (Å²) < 4.78 is 0. The molecule has 0 saturated carbocycles. The second-order valence-electron chi connectivity index (χ2n) is 3.22. The van der Waals surface area contributed by atoms with E-state index in [0.717, 1.165) is 0 Å². The van der Waals surface area contributed by atoms with Crippen LogP contribution in [0.4, 0.5) is 5.69 Å². The minimum Gasteiger partial charge on any atom is -0.399 e. The van der Waals surface area contributed by atoms with Gasteiger partial charge in [0.25, 0.3) is 0 Å². The first-order valence-electron chi connectivity index (χ1n) is 4.44. The summed E-state index contributed by atoms with van der Waals surface area (Å²) in [5.74, 6) is 0. The highest BCUT2D eigenvalue weighted by atomic mass is 35.5. The van der Waals surface area contributed by atoms with Gasteiger partial charge in [0.15, 0.2) is 0 Å². The molecule has 0 atom stereocenters. The molecule has 16 heavy (non-hydrogen) atoms. The molecule has 1 heterocycles. The number of aromatic nitrogens is 1. The van der Waals surface area contributed by atoms with Crippen LogP contribution in [0.3, 0.4) is 0 Å². The number of rotatable bonds is 1. The highest BCUT2D eigenvalue weighted by Gasteiger charge is 2.11. The van der Waals surface area contributed by atoms with E-state index in [1.807, 2.05) is 0 Å². The third-order valence-corrected chi connectivity index (χ3v) is 2.86. The maximum absolute atomic E-state index is 6.07. The van der Waals surface area contributed by atoms with Crippen LogP contribution in [0.2, 0.25) is 15.1 Å². The summed E-state index contributed by atoms with van der Waals surface area (Å²) >= 11 is 18.0. The van der Waals surface area contributed by atoms with E-state index in [1.54, 1.807) is 30.5 Å². The van der Waals surface area contributed by atoms with Crippen molar-refractivity contribution in [3.05, 3.63) is 45.5 Å². The first kappa shape index (κ1) is 11.5. The van der Waals surface area contributed by atoms with Gasteiger partial charge in [-0.1, -0.05) is 34.8 Å². The lowest BCUT2D eigenvalue weighted by atomic mass is 10.1. The standard InChI is InChI=1S/C11H7Cl3N2/c12-6-3-8(13)11(9(14)4-6)10-5-7(15)1-2-16-10/h1-5H,(H2,15,16). The summed E-state index contributed by atoms with van der Waals surface area (Å²) in [6.45, 7) is 0. The lowest BCUT2D eigenvalue weighted by Crippen LogP contribution is -1.90. The first-order valence-corrected chi connectivity index (χ1v) is 5.58. The van der Waals surface area contributed by atoms with E-state index in [0.29, 0.717) is 32.0 Å². The Labute approximate surface area is 108 Å². The fraction of sp³-hybridized carbons (Fsp3) is 0. The molecule has 1 aromatic carbocycles. The normalized spacial score (nSPS) is 10.4. The molecule has 0 radical (unpaired) electrons. The number of nitrogens with zero attached hydrogens (tertiary/aromatic N) is 1. The van der Waals surface area contributed by atoms with Crippen LogP contribution < -0.4 is 5.73 Å². The van der Waals surface area contributed by atoms with Crippen molar-refractivity contribution in [2.24, 2.45) is 0 Å². The van der Waals surface area contributed by atoms with Crippen LogP contribution in [0.1, 0.15) is 0 Å². The summed E-state index contributed by atoms with van der Waals surface area (Å²) in [7, 11) is 0. The second-order valence-corrected chi connectivity index (χ2v) is 4.47. The van der Waals surface area contributed by atoms with Crippen LogP contribution in [-0.4, -0.2) is 4.98 Å². The van der Waals surface area contributed by atoms with Gasteiger partial charge < -0.3 is 5.73 Å². The molecule has 0 amide bonds. The van der Waals surface area contributed by atoms with Gasteiger partial charge in [-0.25, -0.2) is 0 Å². The molecule has 0 aliphatic heterocycles. The zero-order valence-corrected chi connectivity index (χ0v) is 10.3. The average molecular weight is 274 g/mol. The van der Waals surface area contributed by atoms with E-state index in [4.69, 9.17) is 40.5 Å². The predicted molar refractivity (Wildman–Crippen MR) is 69.1 cm³/mol. The number of anilines is 1. The maximum atomic E-state index is 6.07. The summed E-state index contributed by atoms with van der Waals surface area (Å²) in [5.41, 5.74) is 7.55. The average Bonchev–Trinajstić information content (AvgIpc) is 2.15. The zero-order valence-electron chi connectivity index (χ0n) is 8.05. The molecule has 0 unspecified atom stereocenters. The van der Waals surface area contributed by atoms with Crippen molar-refractivity contribution < 1.29 is 0 Å². The van der Waals surface area contributed by atoms with Gasteiger partial charge in [-0.05, 0) is 24.3 Å². The maximum Gasteiger partial charge on any atom is 0.0752 e. The predicted octanol–water partition coefficient (Wildman–Crippen LogP) is 4.29. The molecule has 0 saturated heterocycles. The van der Waals surface area contributed by atoms with Gasteiger partial charge in [0.1, 0.15) is 0 Å². The molecule has 2 aromatic rings. The van der Waals surface area contributed by atoms with Crippen molar-refractivity contribution in [1.82, 2.24) is 4.98 Å². The van der Waals surface area contributed by atoms with Gasteiger partial charge in [-0.2, -0.15) is 0 Å². The van der Waals surface area contributed by atoms with E-state index in [1.165, 1.54) is 0 Å². The number of pyridine rings is 1. The third-order valence-electron chi connectivity index (χ3n) is 2.05. The molecule has 82 valence electrons. The number of halogens is 3. The molecule has 2 rings (SSSR count). The Morgan fingerprint density at radius 3 is 2.19 bits per heavy atom. The number of benzene rings is 1. The van der Waals surface area contributed by atoms with Gasteiger partial charge in [0, 0.05) is 22.5 Å². The number of nitrogens with two attached hydrogens (primary N) is 1. The molecule has 0 aliphatic carbocycles. The second kappa shape index (κ2) is 4.50. The fourth-order valence-electron chi connectivity index (χ4n) is 1.37. The van der Waals surface area contributed by atoms with E-state index in [9.17, 15) is 0 Å². The quantitative estimate of drug-likeness (QED) is 0.842. The monoisotopic (exact) mass is 272 g/mol. The third kappa shape index (κ3) is 2.24. The fourth-order valence-corrected chi connectivity index (χ4v) is 2.38. The Hall–Kier alpha value is -0.960. The molecule has 0 fully saturated rings. The van der Waals surface area contributed by atoms with Crippen molar-refractivity contribution in [2.75, 3.05) is 5.73 Å². The van der Waals surface area contributed by atoms with Crippen molar-refractivity contribution in [3.63, 3.8) is 0 Å². The summed E-state index contributed by atoms with van der Waals surface area (Å²) in [6.07, 6.45) is 1.60. The topological polar surface area (TPSA) is 38.9 Å². The van der Waals surface area contributed by atoms with Crippen molar-refractivity contribution in [2.45, 2.75) is 0 Å². The molecule has 0 bridgehead atoms. The van der Waals surface area contributed by atoms with Gasteiger partial charge in [0.05, 0.1) is 15.7 Å². The van der Waals surface area contributed by atoms with Crippen LogP contribution in [-0.2, 0) is 0 Å². The zero-order chi connectivity index (χ0) is 11.7. The lowest BCUT2D eigenvalue weighted by Gasteiger charge is -2.07. The molecular weight excluding hydrogens is 266 g/mol. The van der Waals surface area contributed by atoms with E-state index in [2.05, 4.69) is 4.98 Å². The van der Waals surface area contributed by atoms with Crippen LogP contribution in [0.5, 0.6) is 0 Å². The Morgan fingerprint density at radius 2 is 1.62 bits per heavy atom. The molecule has 0 aliphatic rings. The summed E-state index contributed by atoms with van der Waals surface area (Å²) in [6, 6.07) is 6.65. The number of nitrogen functional groups attached to an aromatic ring is 1. The van der Waals surface area contributed by atoms with Crippen molar-refractivity contribution >= 4 is 40.5 Å². The minimum absolute atomic E-state index is 0.454. The van der Waals surface area contributed by atoms with E-state index < -0.39 is 0 Å². The molecule has 5 heteroatoms. The number of hydrogen-bond donors (Lipinski definition) is 1. The Kier molecular flexibility index (Phi) is 3.24. The smallest absolute Gasteiger partial charge is 0.0752 e. The molecule has 0 spiro atoms. The lowest BCUT2D eigenvalue weighted by molar-refractivity contribution is 1.33. The van der Waals surface area contributed by atoms with Gasteiger partial charge in [-0.3, -0.25) is 4.98 Å². The SMILES string of the molecule is Nc1ccnc(-c2c(Cl)cc(Cl)cc2Cl)c1. The van der Waals surface area contributed by atoms with E-state index in [-0.39, 0.29) is 0 Å². The van der Waals surface area contributed by atoms with Gasteiger partial charge in [-0.15, -0.1) is 0 Å². The summed E-state index contributed by atoms with van der Waals surface area (Å²) in [4.78, 5) is 4.17. The summed E-state index contributed by atoms with van der Waals surface area (Å²) in [5, 5.41) is 1.40. The molecule has 2 nitrogen and oxygen atoms in total. The minimum atomic E-state index is 0.454. The first-order chi connectivity index (χ1) is 7.58. The highest BCUT2D eigenvalue weighted by molar-refractivity contribution is 6.41. The Balaban J connectivity index is 2.64. The highest BCUT2D eigenvalue weighted by Crippen LogP contribution is 2.36. The van der Waals surface area contributed by atoms with Crippen LogP contribution in [0.25, 0.3) is 11.3 Å². The number of hydrogen-bond acceptors (Lipinski definition) is 2. The van der Waals surface area contributed by atoms with Crippen LogP contribution in [0.15, 0.2) is 30.5 Å². The van der Waals surface area contributed by atoms with Crippen molar-refractivity contribution in [1.29, 1.82) is 0 Å². The Morgan fingerprint density at radius 1 is 1.00 bits per heavy atom. The van der Waals surface area contributed by atoms with Crippen molar-refractivity contribution in [3.8, 4) is 11.3 Å². The Bertz CT molecular complexity index is 517. The van der Waals surface area contributed by atoms with Gasteiger partial charge in [0.2, 0.25) is 0 Å².